The summed E-state index contributed by atoms with van der Waals surface area (Å²) in [6, 6.07) is 20.3. The molecule has 0 radical (unpaired) electrons. The topological polar surface area (TPSA) is 330 Å². The average molecular weight is 1370 g/mol. The van der Waals surface area contributed by atoms with Crippen molar-refractivity contribution < 1.29 is 101 Å². The van der Waals surface area contributed by atoms with Gasteiger partial charge >= 0.3 is 36.3 Å². The Labute approximate surface area is 571 Å². The Hall–Kier alpha value is -7.91. The molecule has 3 aromatic carbocycles. The minimum Gasteiger partial charge on any atom is -0.497 e. The number of aliphatic hydroxyl groups excluding tert-OH is 2. The molecule has 6 aliphatic rings. The molecule has 4 amide bonds. The number of ether oxygens (including phenoxy) is 11. The third kappa shape index (κ3) is 17.6. The summed E-state index contributed by atoms with van der Waals surface area (Å²) < 4.78 is 65.1. The maximum atomic E-state index is 14.6. The highest BCUT2D eigenvalue weighted by atomic mass is 16.8. The Morgan fingerprint density at radius 1 is 0.643 bits per heavy atom. The van der Waals surface area contributed by atoms with Crippen LogP contribution < -0.4 is 26.0 Å². The molecule has 25 heteroatoms. The number of nitrogens with one attached hydrogen (secondary N) is 4. The third-order valence-corrected chi connectivity index (χ3v) is 20.7. The van der Waals surface area contributed by atoms with Crippen molar-refractivity contribution in [3.05, 3.63) is 138 Å². The fourth-order valence-corrected chi connectivity index (χ4v) is 15.3. The van der Waals surface area contributed by atoms with Crippen LogP contribution in [0.2, 0.25) is 0 Å². The summed E-state index contributed by atoms with van der Waals surface area (Å²) in [6.45, 7) is 18.2. The van der Waals surface area contributed by atoms with Crippen LogP contribution in [-0.2, 0) is 83.1 Å². The Morgan fingerprint density at radius 3 is 1.69 bits per heavy atom. The van der Waals surface area contributed by atoms with Gasteiger partial charge in [0.2, 0.25) is 0 Å². The predicted octanol–water partition coefficient (Wildman–Crippen LogP) is 8.72. The maximum absolute atomic E-state index is 14.6. The first-order chi connectivity index (χ1) is 46.9. The van der Waals surface area contributed by atoms with Crippen molar-refractivity contribution >= 4 is 42.1 Å². The van der Waals surface area contributed by atoms with Gasteiger partial charge in [-0.05, 0) is 121 Å². The van der Waals surface area contributed by atoms with Crippen LogP contribution >= 0.6 is 0 Å². The zero-order valence-corrected chi connectivity index (χ0v) is 56.9. The van der Waals surface area contributed by atoms with Gasteiger partial charge in [0.05, 0.1) is 32.0 Å². The van der Waals surface area contributed by atoms with Gasteiger partial charge in [-0.15, -0.1) is 0 Å². The Balaban J connectivity index is 0.916. The molecule has 2 aliphatic heterocycles. The number of carbonyl (C=O) groups excluding carboxylic acids is 7. The molecule has 4 aliphatic carbocycles. The number of fused-ring (bicyclic) bond motifs is 5. The van der Waals surface area contributed by atoms with E-state index in [1.54, 1.807) is 31.2 Å². The molecule has 3 saturated carbocycles. The largest absolute Gasteiger partial charge is 0.497 e. The molecule has 25 nitrogen and oxygen atoms in total. The SMILES string of the molecule is C=CCOC(=O)NCc1ccc(CNC(=O)OC2C(O)COC(OC3C(O)COC(O[C@H]4C[C@H]5[C@@H]6CC=C7C[C@@H](OC(=O)NCc8ccc(CNC(=O)OCC=C)cc8)CC[C@]7(C)C6CC[C@]5(C)[C@@]4(O)[C@H](C)C(=O)CCC(C)C)C3OC(C)=O)C2OC(=O)c2ccc(OC)cc2)cc1. The van der Waals surface area contributed by atoms with Crippen molar-refractivity contribution in [1.82, 2.24) is 21.3 Å². The van der Waals surface area contributed by atoms with E-state index in [9.17, 15) is 48.9 Å². The van der Waals surface area contributed by atoms with Crippen molar-refractivity contribution in [3.63, 3.8) is 0 Å². The fraction of sp³-hybridized carbons (Fsp3) is 0.575. The number of rotatable bonds is 27. The van der Waals surface area contributed by atoms with Crippen LogP contribution in [0.3, 0.4) is 0 Å². The number of Topliss-reactive ketones (excluding diaryl/α,β-unsaturated/α-hetero) is 1. The van der Waals surface area contributed by atoms with E-state index >= 15 is 0 Å². The molecule has 0 aromatic heterocycles. The van der Waals surface area contributed by atoms with Crippen LogP contribution in [0.1, 0.15) is 132 Å². The summed E-state index contributed by atoms with van der Waals surface area (Å²) in [5.41, 5.74) is 1.36. The standard InChI is InChI=1S/C73H96N4O21/c1-10-32-89-67(83)74-36-45-13-17-47(18-14-45)38-76-69(85)94-52-28-30-71(7)50(34-52)23-26-53-54(71)29-31-72(8)55(53)35-59(73(72,87)43(5)56(79)27-12-42(3)4)95-65-62(93-44(6)78)60(57(80)40-91-65)97-66-63(96-64(82)49-21-24-51(88-9)25-22-49)61(58(81)41-92-66)98-70(86)77-39-48-19-15-46(16-20-48)37-75-68(84)90-33-11-2/h10-11,13-25,42-43,52-55,57-63,65-66,80-81,87H,1-2,12,26-41H2,3-9H3,(H,74,83)(H,75,84)(H,76,85)(H,77,86)/t43-,52+,53-,54?,55+,57?,58?,59+,60?,61?,62?,63?,65?,66?,71+,72+,73-/m1/s1. The van der Waals surface area contributed by atoms with E-state index in [1.165, 1.54) is 49.1 Å². The number of ketones is 1. The third-order valence-electron chi connectivity index (χ3n) is 20.7. The van der Waals surface area contributed by atoms with E-state index in [0.29, 0.717) is 43.4 Å². The number of aliphatic hydroxyl groups is 3. The zero-order valence-electron chi connectivity index (χ0n) is 56.9. The first-order valence-corrected chi connectivity index (χ1v) is 33.8. The van der Waals surface area contributed by atoms with E-state index in [-0.39, 0.29) is 98.8 Å². The first kappa shape index (κ1) is 74.3. The fourth-order valence-electron chi connectivity index (χ4n) is 15.3. The lowest BCUT2D eigenvalue weighted by Crippen LogP contribution is -2.64. The van der Waals surface area contributed by atoms with E-state index in [0.717, 1.165) is 36.5 Å². The molecule has 9 rings (SSSR count). The van der Waals surface area contributed by atoms with E-state index in [4.69, 9.17) is 52.1 Å². The van der Waals surface area contributed by atoms with Gasteiger partial charge in [0.15, 0.2) is 30.9 Å². The molecule has 7 N–H and O–H groups in total. The number of amides is 4. The summed E-state index contributed by atoms with van der Waals surface area (Å²) in [5.74, 6) is -2.23. The first-order valence-electron chi connectivity index (χ1n) is 33.8. The summed E-state index contributed by atoms with van der Waals surface area (Å²) in [4.78, 5) is 92.9. The highest BCUT2D eigenvalue weighted by molar-refractivity contribution is 5.89. The predicted molar refractivity (Wildman–Crippen MR) is 353 cm³/mol. The Morgan fingerprint density at radius 2 is 1.16 bits per heavy atom. The van der Waals surface area contributed by atoms with Gasteiger partial charge in [-0.3, -0.25) is 9.59 Å². The summed E-state index contributed by atoms with van der Waals surface area (Å²) >= 11 is 0. The molecule has 534 valence electrons. The monoisotopic (exact) mass is 1360 g/mol. The number of carbonyl (C=O) groups is 7. The van der Waals surface area contributed by atoms with Crippen molar-refractivity contribution in [2.24, 2.45) is 40.4 Å². The molecular formula is C73H96N4O21. The van der Waals surface area contributed by atoms with Gasteiger partial charge in [-0.25, -0.2) is 24.0 Å². The number of hydrogen-bond donors (Lipinski definition) is 7. The van der Waals surface area contributed by atoms with Gasteiger partial charge in [0.1, 0.15) is 54.8 Å². The van der Waals surface area contributed by atoms with Crippen molar-refractivity contribution in [3.8, 4) is 5.75 Å². The second-order valence-electron chi connectivity index (χ2n) is 27.3. The molecule has 2 saturated heterocycles. The molecule has 3 aromatic rings. The smallest absolute Gasteiger partial charge is 0.407 e. The number of allylic oxidation sites excluding steroid dienone is 1. The minimum absolute atomic E-state index is 0.0275. The average Bonchev–Trinajstić information content (AvgIpc) is 1.48. The van der Waals surface area contributed by atoms with Crippen LogP contribution in [0, 0.1) is 40.4 Å². The number of esters is 2. The van der Waals surface area contributed by atoms with Crippen LogP contribution in [0.15, 0.2) is 110 Å². The summed E-state index contributed by atoms with van der Waals surface area (Å²) in [7, 11) is 1.46. The molecule has 0 spiro atoms. The van der Waals surface area contributed by atoms with Gasteiger partial charge in [0.25, 0.3) is 0 Å². The molecular weight excluding hydrogens is 1270 g/mol. The zero-order chi connectivity index (χ0) is 70.5. The van der Waals surface area contributed by atoms with Gasteiger partial charge in [0, 0.05) is 57.3 Å². The lowest BCUT2D eigenvalue weighted by molar-refractivity contribution is -0.344. The lowest BCUT2D eigenvalue weighted by Gasteiger charge is -2.59. The molecule has 0 bridgehead atoms. The van der Waals surface area contributed by atoms with Gasteiger partial charge < -0.3 is 88.7 Å². The van der Waals surface area contributed by atoms with Crippen molar-refractivity contribution in [1.29, 1.82) is 0 Å². The lowest BCUT2D eigenvalue weighted by atomic mass is 9.46. The molecule has 17 atom stereocenters. The van der Waals surface area contributed by atoms with Crippen LogP contribution in [0.25, 0.3) is 0 Å². The highest BCUT2D eigenvalue weighted by Gasteiger charge is 2.71. The number of alkyl carbamates (subject to hydrolysis) is 4. The summed E-state index contributed by atoms with van der Waals surface area (Å²) in [5, 5.41) is 48.2. The Kier molecular flexibility index (Phi) is 25.3. The maximum Gasteiger partial charge on any atom is 0.407 e. The van der Waals surface area contributed by atoms with Crippen molar-refractivity contribution in [2.45, 2.75) is 193 Å². The van der Waals surface area contributed by atoms with Crippen LogP contribution in [0.4, 0.5) is 19.2 Å². The van der Waals surface area contributed by atoms with E-state index < -0.39 is 122 Å². The normalized spacial score (nSPS) is 30.4. The Bertz CT molecular complexity index is 3310. The minimum atomic E-state index is -1.81. The second kappa shape index (κ2) is 33.3. The van der Waals surface area contributed by atoms with Crippen LogP contribution in [-0.4, -0.2) is 158 Å². The second-order valence-corrected chi connectivity index (χ2v) is 27.3. The van der Waals surface area contributed by atoms with Crippen LogP contribution in [0.5, 0.6) is 5.75 Å². The summed E-state index contributed by atoms with van der Waals surface area (Å²) in [6.07, 6.45) is -7.11. The quantitative estimate of drug-likeness (QED) is 0.0213. The van der Waals surface area contributed by atoms with Crippen molar-refractivity contribution in [2.75, 3.05) is 33.5 Å². The molecule has 9 unspecified atom stereocenters. The number of hydrogen-bond acceptors (Lipinski definition) is 21. The van der Waals surface area contributed by atoms with E-state index in [2.05, 4.69) is 54.3 Å². The van der Waals surface area contributed by atoms with Gasteiger partial charge in [-0.1, -0.05) is 120 Å². The molecule has 98 heavy (non-hydrogen) atoms. The highest BCUT2D eigenvalue weighted by Crippen LogP contribution is 2.69. The van der Waals surface area contributed by atoms with Gasteiger partial charge in [-0.2, -0.15) is 0 Å². The number of benzene rings is 3. The number of methoxy groups -OCH3 is 1. The van der Waals surface area contributed by atoms with E-state index in [1.807, 2.05) is 38.1 Å². The molecule has 5 fully saturated rings. The molecule has 2 heterocycles.